The zero-order chi connectivity index (χ0) is 20.9. The molecule has 7 heteroatoms. The number of anilines is 1. The molecule has 0 fully saturated rings. The van der Waals surface area contributed by atoms with Gasteiger partial charge in [0.1, 0.15) is 6.04 Å². The number of hydrogen-bond donors (Lipinski definition) is 2. The van der Waals surface area contributed by atoms with Crippen molar-refractivity contribution >= 4 is 33.2 Å². The molecular weight excluding hydrogens is 408 g/mol. The van der Waals surface area contributed by atoms with Crippen molar-refractivity contribution in [2.45, 2.75) is 24.3 Å². The summed E-state index contributed by atoms with van der Waals surface area (Å²) in [7, 11) is -3.87. The van der Waals surface area contributed by atoms with E-state index in [1.807, 2.05) is 37.3 Å². The van der Waals surface area contributed by atoms with Crippen molar-refractivity contribution in [2.24, 2.45) is 0 Å². The Kier molecular flexibility index (Phi) is 6.69. The van der Waals surface area contributed by atoms with Crippen LogP contribution < -0.4 is 10.0 Å². The van der Waals surface area contributed by atoms with Gasteiger partial charge in [-0.05, 0) is 48.7 Å². The number of halogens is 1. The molecule has 1 amide bonds. The molecule has 2 N–H and O–H groups in total. The normalized spacial score (nSPS) is 12.3. The first-order valence-electron chi connectivity index (χ1n) is 9.03. The molecule has 0 bridgehead atoms. The Hall–Kier alpha value is -2.67. The van der Waals surface area contributed by atoms with Crippen molar-refractivity contribution in [3.8, 4) is 0 Å². The molecule has 0 aromatic heterocycles. The quantitative estimate of drug-likeness (QED) is 0.592. The van der Waals surface area contributed by atoms with E-state index in [1.165, 1.54) is 12.1 Å². The van der Waals surface area contributed by atoms with E-state index in [1.54, 1.807) is 36.4 Å². The van der Waals surface area contributed by atoms with E-state index in [0.29, 0.717) is 10.7 Å². The zero-order valence-electron chi connectivity index (χ0n) is 15.8. The van der Waals surface area contributed by atoms with Crippen LogP contribution in [0, 0.1) is 6.92 Å². The van der Waals surface area contributed by atoms with Crippen molar-refractivity contribution in [3.63, 3.8) is 0 Å². The third-order valence-corrected chi connectivity index (χ3v) is 6.28. The molecular formula is C22H21ClN2O3S. The molecule has 5 nitrogen and oxygen atoms in total. The molecule has 29 heavy (non-hydrogen) atoms. The Morgan fingerprint density at radius 3 is 2.21 bits per heavy atom. The fourth-order valence-corrected chi connectivity index (χ4v) is 4.19. The highest BCUT2D eigenvalue weighted by Crippen LogP contribution is 2.20. The molecule has 0 aliphatic carbocycles. The van der Waals surface area contributed by atoms with Gasteiger partial charge in [-0.15, -0.1) is 0 Å². The van der Waals surface area contributed by atoms with Gasteiger partial charge in [-0.1, -0.05) is 66.2 Å². The number of amides is 1. The fourth-order valence-electron chi connectivity index (χ4n) is 2.79. The van der Waals surface area contributed by atoms with Gasteiger partial charge in [0.05, 0.1) is 4.90 Å². The Morgan fingerprint density at radius 1 is 0.966 bits per heavy atom. The average molecular weight is 429 g/mol. The largest absolute Gasteiger partial charge is 0.325 e. The SMILES string of the molecule is Cc1ccc(NC(=O)[C@@H](Cc2ccccc2)NS(=O)(=O)c2ccccc2)cc1Cl. The minimum absolute atomic E-state index is 0.101. The monoisotopic (exact) mass is 428 g/mol. The van der Waals surface area contributed by atoms with Crippen LogP contribution in [0.5, 0.6) is 0 Å². The predicted octanol–water partition coefficient (Wildman–Crippen LogP) is 4.18. The molecule has 0 unspecified atom stereocenters. The van der Waals surface area contributed by atoms with Crippen LogP contribution in [-0.4, -0.2) is 20.4 Å². The van der Waals surface area contributed by atoms with Gasteiger partial charge in [0.15, 0.2) is 0 Å². The first-order chi connectivity index (χ1) is 13.8. The van der Waals surface area contributed by atoms with Crippen LogP contribution in [0.15, 0.2) is 83.8 Å². The summed E-state index contributed by atoms with van der Waals surface area (Å²) < 4.78 is 28.1. The fraction of sp³-hybridized carbons (Fsp3) is 0.136. The minimum atomic E-state index is -3.87. The second-order valence-electron chi connectivity index (χ2n) is 6.63. The van der Waals surface area contributed by atoms with Crippen LogP contribution in [0.4, 0.5) is 5.69 Å². The zero-order valence-corrected chi connectivity index (χ0v) is 17.4. The summed E-state index contributed by atoms with van der Waals surface area (Å²) in [4.78, 5) is 13.0. The number of aryl methyl sites for hydroxylation is 1. The van der Waals surface area contributed by atoms with Crippen LogP contribution in [0.1, 0.15) is 11.1 Å². The van der Waals surface area contributed by atoms with E-state index in [4.69, 9.17) is 11.6 Å². The van der Waals surface area contributed by atoms with Crippen molar-refractivity contribution in [3.05, 3.63) is 95.0 Å². The van der Waals surface area contributed by atoms with Gasteiger partial charge in [-0.3, -0.25) is 4.79 Å². The Bertz CT molecular complexity index is 1090. The van der Waals surface area contributed by atoms with Gasteiger partial charge in [0.25, 0.3) is 0 Å². The first kappa shape index (κ1) is 21.0. The average Bonchev–Trinajstić information content (AvgIpc) is 2.71. The smallest absolute Gasteiger partial charge is 0.242 e. The topological polar surface area (TPSA) is 75.3 Å². The van der Waals surface area contributed by atoms with E-state index in [-0.39, 0.29) is 11.3 Å². The number of hydrogen-bond acceptors (Lipinski definition) is 3. The number of nitrogens with one attached hydrogen (secondary N) is 2. The second-order valence-corrected chi connectivity index (χ2v) is 8.75. The highest BCUT2D eigenvalue weighted by atomic mass is 35.5. The van der Waals surface area contributed by atoms with E-state index in [2.05, 4.69) is 10.0 Å². The summed E-state index contributed by atoms with van der Waals surface area (Å²) in [6.45, 7) is 1.86. The van der Waals surface area contributed by atoms with Gasteiger partial charge in [-0.25, -0.2) is 8.42 Å². The van der Waals surface area contributed by atoms with Crippen LogP contribution >= 0.6 is 11.6 Å². The summed E-state index contributed by atoms with van der Waals surface area (Å²) >= 11 is 6.13. The van der Waals surface area contributed by atoms with Gasteiger partial charge >= 0.3 is 0 Å². The number of sulfonamides is 1. The molecule has 3 aromatic carbocycles. The van der Waals surface area contributed by atoms with Gasteiger partial charge in [0, 0.05) is 10.7 Å². The summed E-state index contributed by atoms with van der Waals surface area (Å²) in [6.07, 6.45) is 0.207. The van der Waals surface area contributed by atoms with E-state index in [9.17, 15) is 13.2 Å². The van der Waals surface area contributed by atoms with Crippen molar-refractivity contribution in [1.82, 2.24) is 4.72 Å². The molecule has 0 saturated carbocycles. The van der Waals surface area contributed by atoms with Crippen LogP contribution in [-0.2, 0) is 21.2 Å². The molecule has 0 heterocycles. The highest BCUT2D eigenvalue weighted by molar-refractivity contribution is 7.89. The Morgan fingerprint density at radius 2 is 1.59 bits per heavy atom. The second kappa shape index (κ2) is 9.22. The van der Waals surface area contributed by atoms with Gasteiger partial charge in [0.2, 0.25) is 15.9 Å². The lowest BCUT2D eigenvalue weighted by molar-refractivity contribution is -0.117. The number of carbonyl (C=O) groups is 1. The predicted molar refractivity (Wildman–Crippen MR) is 116 cm³/mol. The first-order valence-corrected chi connectivity index (χ1v) is 10.9. The molecule has 3 aromatic rings. The number of carbonyl (C=O) groups excluding carboxylic acids is 1. The molecule has 0 radical (unpaired) electrons. The highest BCUT2D eigenvalue weighted by Gasteiger charge is 2.26. The third kappa shape index (κ3) is 5.67. The van der Waals surface area contributed by atoms with Crippen molar-refractivity contribution < 1.29 is 13.2 Å². The lowest BCUT2D eigenvalue weighted by Gasteiger charge is -2.19. The van der Waals surface area contributed by atoms with Gasteiger partial charge in [-0.2, -0.15) is 4.72 Å². The summed E-state index contributed by atoms with van der Waals surface area (Å²) in [6, 6.07) is 21.4. The minimum Gasteiger partial charge on any atom is -0.325 e. The molecule has 1 atom stereocenters. The Labute approximate surface area is 175 Å². The van der Waals surface area contributed by atoms with Crippen molar-refractivity contribution in [1.29, 1.82) is 0 Å². The summed E-state index contributed by atoms with van der Waals surface area (Å²) in [5.74, 6) is -0.465. The van der Waals surface area contributed by atoms with Crippen molar-refractivity contribution in [2.75, 3.05) is 5.32 Å². The summed E-state index contributed by atoms with van der Waals surface area (Å²) in [5.41, 5.74) is 2.23. The van der Waals surface area contributed by atoms with E-state index in [0.717, 1.165) is 11.1 Å². The van der Waals surface area contributed by atoms with Crippen LogP contribution in [0.25, 0.3) is 0 Å². The standard InChI is InChI=1S/C22H21ClN2O3S/c1-16-12-13-18(15-20(16)23)24-22(26)21(14-17-8-4-2-5-9-17)25-29(27,28)19-10-6-3-7-11-19/h2-13,15,21,25H,14H2,1H3,(H,24,26)/t21-/m1/s1. The Balaban J connectivity index is 1.85. The maximum absolute atomic E-state index is 12.9. The lowest BCUT2D eigenvalue weighted by Crippen LogP contribution is -2.45. The molecule has 0 saturated heterocycles. The van der Waals surface area contributed by atoms with Crippen LogP contribution in [0.3, 0.4) is 0 Å². The third-order valence-electron chi connectivity index (χ3n) is 4.39. The molecule has 150 valence electrons. The molecule has 0 aliphatic rings. The maximum atomic E-state index is 12.9. The maximum Gasteiger partial charge on any atom is 0.242 e. The van der Waals surface area contributed by atoms with Gasteiger partial charge < -0.3 is 5.32 Å². The molecule has 0 spiro atoms. The lowest BCUT2D eigenvalue weighted by atomic mass is 10.1. The van der Waals surface area contributed by atoms with E-state index < -0.39 is 22.0 Å². The van der Waals surface area contributed by atoms with E-state index >= 15 is 0 Å². The molecule has 0 aliphatic heterocycles. The number of benzene rings is 3. The molecule has 3 rings (SSSR count). The van der Waals surface area contributed by atoms with Crippen LogP contribution in [0.2, 0.25) is 5.02 Å². The number of rotatable bonds is 7. The summed E-state index contributed by atoms with van der Waals surface area (Å²) in [5, 5.41) is 3.27.